The SMILES string of the molecule is Cc1cc2c(cc1N)Sc1cc(N(C)C)ccc1N2. The van der Waals surface area contributed by atoms with Crippen molar-refractivity contribution in [2.24, 2.45) is 0 Å². The summed E-state index contributed by atoms with van der Waals surface area (Å²) in [5.41, 5.74) is 11.5. The van der Waals surface area contributed by atoms with E-state index in [0.29, 0.717) is 0 Å². The van der Waals surface area contributed by atoms with Crippen molar-refractivity contribution in [2.45, 2.75) is 16.7 Å². The first kappa shape index (κ1) is 12.2. The molecule has 0 bridgehead atoms. The maximum Gasteiger partial charge on any atom is 0.0530 e. The van der Waals surface area contributed by atoms with Gasteiger partial charge >= 0.3 is 0 Å². The number of nitrogen functional groups attached to an aromatic ring is 1. The van der Waals surface area contributed by atoms with Crippen LogP contribution in [0, 0.1) is 6.92 Å². The predicted molar refractivity (Wildman–Crippen MR) is 83.8 cm³/mol. The molecule has 0 unspecified atom stereocenters. The van der Waals surface area contributed by atoms with Crippen molar-refractivity contribution in [1.29, 1.82) is 0 Å². The summed E-state index contributed by atoms with van der Waals surface area (Å²) in [5, 5.41) is 3.48. The van der Waals surface area contributed by atoms with Gasteiger partial charge in [0.1, 0.15) is 0 Å². The molecule has 1 heterocycles. The summed E-state index contributed by atoms with van der Waals surface area (Å²) in [6.45, 7) is 2.03. The van der Waals surface area contributed by atoms with Crippen molar-refractivity contribution in [3.8, 4) is 0 Å². The summed E-state index contributed by atoms with van der Waals surface area (Å²) in [5.74, 6) is 0. The van der Waals surface area contributed by atoms with Gasteiger partial charge in [0.25, 0.3) is 0 Å². The Labute approximate surface area is 117 Å². The van der Waals surface area contributed by atoms with Crippen molar-refractivity contribution in [3.05, 3.63) is 35.9 Å². The topological polar surface area (TPSA) is 41.3 Å². The van der Waals surface area contributed by atoms with Crippen LogP contribution in [0.5, 0.6) is 0 Å². The molecule has 3 N–H and O–H groups in total. The molecule has 2 aromatic rings. The van der Waals surface area contributed by atoms with Crippen molar-refractivity contribution in [1.82, 2.24) is 0 Å². The first-order valence-electron chi connectivity index (χ1n) is 6.21. The molecule has 98 valence electrons. The lowest BCUT2D eigenvalue weighted by molar-refractivity contribution is 1.12. The molecule has 0 atom stereocenters. The fourth-order valence-electron chi connectivity index (χ4n) is 2.13. The van der Waals surface area contributed by atoms with Gasteiger partial charge in [0.2, 0.25) is 0 Å². The molecule has 1 aliphatic heterocycles. The van der Waals surface area contributed by atoms with E-state index in [1.54, 1.807) is 11.8 Å². The van der Waals surface area contributed by atoms with Gasteiger partial charge in [-0.25, -0.2) is 0 Å². The number of anilines is 4. The Morgan fingerprint density at radius 3 is 2.53 bits per heavy atom. The van der Waals surface area contributed by atoms with Crippen molar-refractivity contribution in [3.63, 3.8) is 0 Å². The number of nitrogens with zero attached hydrogens (tertiary/aromatic N) is 1. The van der Waals surface area contributed by atoms with E-state index in [1.807, 2.05) is 13.0 Å². The minimum Gasteiger partial charge on any atom is -0.398 e. The molecule has 0 radical (unpaired) electrons. The van der Waals surface area contributed by atoms with Gasteiger partial charge in [-0.05, 0) is 42.8 Å². The average Bonchev–Trinajstić information content (AvgIpc) is 2.37. The minimum absolute atomic E-state index is 0.847. The van der Waals surface area contributed by atoms with E-state index in [1.165, 1.54) is 15.5 Å². The fraction of sp³-hybridized carbons (Fsp3) is 0.200. The lowest BCUT2D eigenvalue weighted by atomic mass is 10.1. The van der Waals surface area contributed by atoms with E-state index >= 15 is 0 Å². The first-order valence-corrected chi connectivity index (χ1v) is 7.02. The Bertz CT molecular complexity index is 650. The molecule has 0 aromatic heterocycles. The van der Waals surface area contributed by atoms with Crippen LogP contribution in [0.3, 0.4) is 0 Å². The van der Waals surface area contributed by atoms with Crippen LogP contribution in [-0.4, -0.2) is 14.1 Å². The van der Waals surface area contributed by atoms with Gasteiger partial charge in [0, 0.05) is 35.3 Å². The normalized spacial score (nSPS) is 12.4. The molecule has 0 fully saturated rings. The average molecular weight is 271 g/mol. The number of hydrogen-bond acceptors (Lipinski definition) is 4. The van der Waals surface area contributed by atoms with E-state index in [0.717, 1.165) is 22.6 Å². The minimum atomic E-state index is 0.847. The van der Waals surface area contributed by atoms with Crippen molar-refractivity contribution in [2.75, 3.05) is 30.0 Å². The summed E-state index contributed by atoms with van der Waals surface area (Å²) in [6.07, 6.45) is 0. The lowest BCUT2D eigenvalue weighted by Crippen LogP contribution is -2.09. The van der Waals surface area contributed by atoms with Crippen LogP contribution >= 0.6 is 11.8 Å². The van der Waals surface area contributed by atoms with Gasteiger partial charge in [-0.3, -0.25) is 0 Å². The zero-order valence-electron chi connectivity index (χ0n) is 11.3. The van der Waals surface area contributed by atoms with Crippen LogP contribution in [0.1, 0.15) is 5.56 Å². The molecule has 0 aliphatic carbocycles. The quantitative estimate of drug-likeness (QED) is 0.660. The Kier molecular flexibility index (Phi) is 2.82. The largest absolute Gasteiger partial charge is 0.398 e. The Morgan fingerprint density at radius 2 is 1.79 bits per heavy atom. The first-order chi connectivity index (χ1) is 9.04. The molecule has 0 saturated heterocycles. The highest BCUT2D eigenvalue weighted by molar-refractivity contribution is 7.99. The molecular formula is C15H17N3S. The summed E-state index contributed by atoms with van der Waals surface area (Å²) in [7, 11) is 4.11. The highest BCUT2D eigenvalue weighted by atomic mass is 32.2. The second-order valence-electron chi connectivity index (χ2n) is 5.01. The second-order valence-corrected chi connectivity index (χ2v) is 6.09. The number of hydrogen-bond donors (Lipinski definition) is 2. The second kappa shape index (κ2) is 4.38. The molecule has 3 rings (SSSR count). The lowest BCUT2D eigenvalue weighted by Gasteiger charge is -2.23. The maximum atomic E-state index is 5.99. The number of fused-ring (bicyclic) bond motifs is 2. The summed E-state index contributed by atoms with van der Waals surface area (Å²) >= 11 is 1.77. The van der Waals surface area contributed by atoms with E-state index in [4.69, 9.17) is 5.73 Å². The molecule has 4 heteroatoms. The van der Waals surface area contributed by atoms with Gasteiger partial charge in [-0.15, -0.1) is 0 Å². The van der Waals surface area contributed by atoms with Crippen molar-refractivity contribution < 1.29 is 0 Å². The van der Waals surface area contributed by atoms with E-state index < -0.39 is 0 Å². The number of benzene rings is 2. The fourth-order valence-corrected chi connectivity index (χ4v) is 3.18. The van der Waals surface area contributed by atoms with Crippen LogP contribution in [0.15, 0.2) is 40.1 Å². The summed E-state index contributed by atoms with van der Waals surface area (Å²) in [6, 6.07) is 10.6. The van der Waals surface area contributed by atoms with Gasteiger partial charge < -0.3 is 16.0 Å². The molecule has 1 aliphatic rings. The van der Waals surface area contributed by atoms with E-state index in [-0.39, 0.29) is 0 Å². The van der Waals surface area contributed by atoms with E-state index in [2.05, 4.69) is 48.6 Å². The number of aryl methyl sites for hydroxylation is 1. The third kappa shape index (κ3) is 2.12. The van der Waals surface area contributed by atoms with Gasteiger partial charge in [-0.2, -0.15) is 0 Å². The predicted octanol–water partition coefficient (Wildman–Crippen LogP) is 3.85. The zero-order chi connectivity index (χ0) is 13.6. The zero-order valence-corrected chi connectivity index (χ0v) is 12.1. The monoisotopic (exact) mass is 271 g/mol. The molecule has 0 spiro atoms. The van der Waals surface area contributed by atoms with Gasteiger partial charge in [-0.1, -0.05) is 11.8 Å². The highest BCUT2D eigenvalue weighted by Gasteiger charge is 2.17. The molecule has 19 heavy (non-hydrogen) atoms. The summed E-state index contributed by atoms with van der Waals surface area (Å²) < 4.78 is 0. The van der Waals surface area contributed by atoms with Gasteiger partial charge in [0.05, 0.1) is 11.4 Å². The number of nitrogens with one attached hydrogen (secondary N) is 1. The summed E-state index contributed by atoms with van der Waals surface area (Å²) in [4.78, 5) is 4.54. The van der Waals surface area contributed by atoms with Crippen LogP contribution < -0.4 is 16.0 Å². The van der Waals surface area contributed by atoms with E-state index in [9.17, 15) is 0 Å². The molecule has 3 nitrogen and oxygen atoms in total. The third-order valence-corrected chi connectivity index (χ3v) is 4.45. The molecule has 0 saturated carbocycles. The standard InChI is InChI=1S/C15H17N3S/c1-9-6-13-15(8-11(9)16)19-14-7-10(18(2)3)4-5-12(14)17-13/h4-8,17H,16H2,1-3H3. The van der Waals surface area contributed by atoms with Crippen LogP contribution in [0.2, 0.25) is 0 Å². The maximum absolute atomic E-state index is 5.99. The molecular weight excluding hydrogens is 254 g/mol. The highest BCUT2D eigenvalue weighted by Crippen LogP contribution is 2.46. The number of nitrogens with two attached hydrogens (primary N) is 1. The van der Waals surface area contributed by atoms with Crippen LogP contribution in [-0.2, 0) is 0 Å². The van der Waals surface area contributed by atoms with Crippen LogP contribution in [0.25, 0.3) is 0 Å². The third-order valence-electron chi connectivity index (χ3n) is 3.34. The van der Waals surface area contributed by atoms with Crippen molar-refractivity contribution >= 4 is 34.5 Å². The van der Waals surface area contributed by atoms with Gasteiger partial charge in [0.15, 0.2) is 0 Å². The molecule has 2 aromatic carbocycles. The van der Waals surface area contributed by atoms with Crippen LogP contribution in [0.4, 0.5) is 22.7 Å². The number of rotatable bonds is 1. The Hall–Kier alpha value is -1.81. The molecule has 0 amide bonds. The smallest absolute Gasteiger partial charge is 0.0530 e. The Morgan fingerprint density at radius 1 is 1.05 bits per heavy atom. The Balaban J connectivity index is 2.04.